The first-order valence-corrected chi connectivity index (χ1v) is 13.1. The lowest BCUT2D eigenvalue weighted by Gasteiger charge is -2.32. The highest BCUT2D eigenvalue weighted by molar-refractivity contribution is 6.31. The van der Waals surface area contributed by atoms with Gasteiger partial charge in [-0.2, -0.15) is 0 Å². The SMILES string of the molecule is Cc1ccc(Cl)cc1-c1[nH]c(-c2ccnc(N)n2)c(C#Cc2cccc(CN3CCN(C)CC3)c2)c1C(N)=O. The summed E-state index contributed by atoms with van der Waals surface area (Å²) in [5.74, 6) is 5.97. The molecule has 4 aromatic rings. The van der Waals surface area contributed by atoms with E-state index in [2.05, 4.69) is 55.8 Å². The quantitative estimate of drug-likeness (QED) is 0.331. The number of piperazine rings is 1. The lowest BCUT2D eigenvalue weighted by atomic mass is 9.99. The van der Waals surface area contributed by atoms with Gasteiger partial charge in [-0.05, 0) is 55.4 Å². The lowest BCUT2D eigenvalue weighted by molar-refractivity contribution is 0.100. The third-order valence-electron chi connectivity index (χ3n) is 6.91. The number of carbonyl (C=O) groups is 1. The van der Waals surface area contributed by atoms with E-state index in [1.807, 2.05) is 25.1 Å². The highest BCUT2D eigenvalue weighted by Gasteiger charge is 2.24. The molecule has 3 heterocycles. The minimum Gasteiger partial charge on any atom is -0.368 e. The number of nitrogens with zero attached hydrogens (tertiary/aromatic N) is 4. The number of H-pyrrole nitrogens is 1. The summed E-state index contributed by atoms with van der Waals surface area (Å²) in [5.41, 5.74) is 17.8. The molecule has 1 aliphatic heterocycles. The van der Waals surface area contributed by atoms with E-state index in [4.69, 9.17) is 23.1 Å². The number of carbonyl (C=O) groups excluding carboxylic acids is 1. The number of aromatic amines is 1. The molecule has 1 fully saturated rings. The second-order valence-electron chi connectivity index (χ2n) is 9.78. The Morgan fingerprint density at radius 3 is 2.62 bits per heavy atom. The van der Waals surface area contributed by atoms with Gasteiger partial charge in [0, 0.05) is 55.1 Å². The van der Waals surface area contributed by atoms with Crippen LogP contribution in [0.15, 0.2) is 54.7 Å². The van der Waals surface area contributed by atoms with Crippen molar-refractivity contribution in [2.75, 3.05) is 39.0 Å². The molecule has 0 unspecified atom stereocenters. The maximum atomic E-state index is 12.9. The first-order valence-electron chi connectivity index (χ1n) is 12.7. The van der Waals surface area contributed by atoms with Gasteiger partial charge in [0.2, 0.25) is 5.95 Å². The van der Waals surface area contributed by atoms with Crippen LogP contribution in [0.1, 0.15) is 32.6 Å². The molecule has 1 saturated heterocycles. The predicted molar refractivity (Wildman–Crippen MR) is 155 cm³/mol. The molecule has 5 N–H and O–H groups in total. The van der Waals surface area contributed by atoms with Crippen molar-refractivity contribution in [3.05, 3.63) is 87.6 Å². The van der Waals surface area contributed by atoms with Crippen LogP contribution in [0.25, 0.3) is 22.6 Å². The third kappa shape index (κ3) is 5.96. The monoisotopic (exact) mass is 539 g/mol. The summed E-state index contributed by atoms with van der Waals surface area (Å²) in [7, 11) is 2.15. The molecular weight excluding hydrogens is 510 g/mol. The summed E-state index contributed by atoms with van der Waals surface area (Å²) in [6.45, 7) is 7.01. The fraction of sp³-hybridized carbons (Fsp3) is 0.233. The van der Waals surface area contributed by atoms with Gasteiger partial charge >= 0.3 is 0 Å². The maximum absolute atomic E-state index is 12.9. The average Bonchev–Trinajstić information content (AvgIpc) is 3.30. The molecule has 1 amide bonds. The molecule has 2 aromatic carbocycles. The van der Waals surface area contributed by atoms with Crippen molar-refractivity contribution in [2.24, 2.45) is 5.73 Å². The number of nitrogen functional groups attached to an aromatic ring is 1. The summed E-state index contributed by atoms with van der Waals surface area (Å²) >= 11 is 6.32. The normalized spacial score (nSPS) is 14.1. The standard InChI is InChI=1S/C30H30ClN7O/c1-19-6-8-22(31)17-24(19)28-26(29(32)39)23(27(36-28)25-10-11-34-30(33)35-25)9-7-20-4-3-5-21(16-20)18-38-14-12-37(2)13-15-38/h3-6,8,10-11,16-17,36H,12-15,18H2,1-2H3,(H2,32,39)(H2,33,34,35). The van der Waals surface area contributed by atoms with Crippen LogP contribution in [0.4, 0.5) is 5.95 Å². The maximum Gasteiger partial charge on any atom is 0.252 e. The molecule has 1 aliphatic rings. The van der Waals surface area contributed by atoms with Crippen LogP contribution in [0, 0.1) is 18.8 Å². The Labute approximate surface area is 233 Å². The number of rotatable bonds is 5. The predicted octanol–water partition coefficient (Wildman–Crippen LogP) is 3.93. The van der Waals surface area contributed by atoms with Crippen molar-refractivity contribution in [1.82, 2.24) is 24.8 Å². The van der Waals surface area contributed by atoms with E-state index in [0.29, 0.717) is 27.7 Å². The zero-order valence-electron chi connectivity index (χ0n) is 22.0. The molecule has 39 heavy (non-hydrogen) atoms. The molecule has 0 atom stereocenters. The van der Waals surface area contributed by atoms with Gasteiger partial charge in [0.05, 0.1) is 28.2 Å². The third-order valence-corrected chi connectivity index (χ3v) is 7.14. The molecule has 0 saturated carbocycles. The molecule has 0 aliphatic carbocycles. The van der Waals surface area contributed by atoms with E-state index >= 15 is 0 Å². The van der Waals surface area contributed by atoms with E-state index in [9.17, 15) is 4.79 Å². The van der Waals surface area contributed by atoms with Crippen LogP contribution >= 0.6 is 11.6 Å². The molecule has 198 valence electrons. The van der Waals surface area contributed by atoms with Gasteiger partial charge < -0.3 is 21.4 Å². The van der Waals surface area contributed by atoms with Gasteiger partial charge in [0.25, 0.3) is 5.91 Å². The summed E-state index contributed by atoms with van der Waals surface area (Å²) < 4.78 is 0. The smallest absolute Gasteiger partial charge is 0.252 e. The summed E-state index contributed by atoms with van der Waals surface area (Å²) in [4.78, 5) is 29.4. The largest absolute Gasteiger partial charge is 0.368 e. The van der Waals surface area contributed by atoms with Crippen LogP contribution in [0.3, 0.4) is 0 Å². The van der Waals surface area contributed by atoms with Crippen molar-refractivity contribution < 1.29 is 4.79 Å². The second kappa shape index (κ2) is 11.3. The molecule has 9 heteroatoms. The molecule has 0 spiro atoms. The van der Waals surface area contributed by atoms with Gasteiger partial charge in [-0.3, -0.25) is 9.69 Å². The van der Waals surface area contributed by atoms with Crippen molar-refractivity contribution in [3.63, 3.8) is 0 Å². The van der Waals surface area contributed by atoms with Crippen LogP contribution in [-0.2, 0) is 6.54 Å². The number of nitrogens with one attached hydrogen (secondary N) is 1. The highest BCUT2D eigenvalue weighted by Crippen LogP contribution is 2.35. The van der Waals surface area contributed by atoms with E-state index in [1.165, 1.54) is 5.56 Å². The lowest BCUT2D eigenvalue weighted by Crippen LogP contribution is -2.43. The first kappa shape index (κ1) is 26.4. The fourth-order valence-corrected chi connectivity index (χ4v) is 4.96. The van der Waals surface area contributed by atoms with Gasteiger partial charge in [-0.25, -0.2) is 9.97 Å². The number of likely N-dealkylation sites (N-methyl/N-ethyl adjacent to an activating group) is 1. The Balaban J connectivity index is 1.59. The highest BCUT2D eigenvalue weighted by atomic mass is 35.5. The summed E-state index contributed by atoms with van der Waals surface area (Å²) in [5, 5.41) is 0.540. The summed E-state index contributed by atoms with van der Waals surface area (Å²) in [6.07, 6.45) is 1.56. The number of halogens is 1. The minimum atomic E-state index is -0.609. The number of nitrogens with two attached hydrogens (primary N) is 2. The van der Waals surface area contributed by atoms with Gasteiger partial charge in [-0.1, -0.05) is 41.6 Å². The van der Waals surface area contributed by atoms with E-state index in [-0.39, 0.29) is 11.5 Å². The zero-order chi connectivity index (χ0) is 27.5. The van der Waals surface area contributed by atoms with Crippen molar-refractivity contribution >= 4 is 23.5 Å². The van der Waals surface area contributed by atoms with Crippen LogP contribution < -0.4 is 11.5 Å². The van der Waals surface area contributed by atoms with E-state index in [1.54, 1.807) is 24.4 Å². The molecule has 0 bridgehead atoms. The Kier molecular flexibility index (Phi) is 7.66. The van der Waals surface area contributed by atoms with Crippen LogP contribution in [0.5, 0.6) is 0 Å². The van der Waals surface area contributed by atoms with Crippen LogP contribution in [-0.4, -0.2) is 63.9 Å². The number of amides is 1. The first-order chi connectivity index (χ1) is 18.8. The fourth-order valence-electron chi connectivity index (χ4n) is 4.79. The van der Waals surface area contributed by atoms with Crippen molar-refractivity contribution in [2.45, 2.75) is 13.5 Å². The Morgan fingerprint density at radius 1 is 1.08 bits per heavy atom. The average molecular weight is 540 g/mol. The minimum absolute atomic E-state index is 0.110. The zero-order valence-corrected chi connectivity index (χ0v) is 22.7. The number of aryl methyl sites for hydroxylation is 1. The van der Waals surface area contributed by atoms with Gasteiger partial charge in [0.15, 0.2) is 0 Å². The Bertz CT molecular complexity index is 1590. The number of aromatic nitrogens is 3. The molecule has 5 rings (SSSR count). The van der Waals surface area contributed by atoms with E-state index in [0.717, 1.165) is 49.4 Å². The summed E-state index contributed by atoms with van der Waals surface area (Å²) in [6, 6.07) is 15.4. The number of hydrogen-bond acceptors (Lipinski definition) is 6. The molecule has 0 radical (unpaired) electrons. The van der Waals surface area contributed by atoms with Crippen molar-refractivity contribution in [3.8, 4) is 34.5 Å². The second-order valence-corrected chi connectivity index (χ2v) is 10.2. The van der Waals surface area contributed by atoms with Crippen molar-refractivity contribution in [1.29, 1.82) is 0 Å². The number of primary amides is 1. The topological polar surface area (TPSA) is 117 Å². The van der Waals surface area contributed by atoms with Crippen LogP contribution in [0.2, 0.25) is 5.02 Å². The number of hydrogen-bond donors (Lipinski definition) is 3. The van der Waals surface area contributed by atoms with Gasteiger partial charge in [0.1, 0.15) is 0 Å². The van der Waals surface area contributed by atoms with E-state index < -0.39 is 5.91 Å². The molecular formula is C30H30ClN7O. The Hall–Kier alpha value is -4.16. The number of anilines is 1. The molecule has 8 nitrogen and oxygen atoms in total. The van der Waals surface area contributed by atoms with Gasteiger partial charge in [-0.15, -0.1) is 0 Å². The molecule has 2 aromatic heterocycles. The Morgan fingerprint density at radius 2 is 1.87 bits per heavy atom. The number of benzene rings is 2.